The van der Waals surface area contributed by atoms with Crippen LogP contribution in [0.25, 0.3) is 23.3 Å². The number of nitrogens with zero attached hydrogens (tertiary/aromatic N) is 2. The van der Waals surface area contributed by atoms with E-state index in [4.69, 9.17) is 4.74 Å². The Morgan fingerprint density at radius 3 is 1.01 bits per heavy atom. The van der Waals surface area contributed by atoms with Crippen molar-refractivity contribution >= 4 is 57.4 Å². The van der Waals surface area contributed by atoms with Gasteiger partial charge in [0.2, 0.25) is 0 Å². The Bertz CT molecular complexity index is 3480. The molecule has 0 saturated carbocycles. The number of ether oxygens (including phenoxy) is 1. The Kier molecular flexibility index (Phi) is 15.8. The first kappa shape index (κ1) is 50.2. The Labute approximate surface area is 456 Å². The fourth-order valence-electron chi connectivity index (χ4n) is 11.1. The molecule has 0 saturated heterocycles. The molecule has 378 valence electrons. The van der Waals surface area contributed by atoms with Gasteiger partial charge in [0.25, 0.3) is 0 Å². The molecule has 0 aromatic heterocycles. The molecule has 77 heavy (non-hydrogen) atoms. The molecule has 0 atom stereocenters. The van der Waals surface area contributed by atoms with Crippen molar-refractivity contribution < 1.29 is 4.74 Å². The molecule has 10 aromatic rings. The lowest BCUT2D eigenvalue weighted by molar-refractivity contribution is 0.415. The van der Waals surface area contributed by atoms with Crippen LogP contribution >= 0.6 is 0 Å². The van der Waals surface area contributed by atoms with E-state index in [1.807, 2.05) is 12.1 Å². The van der Waals surface area contributed by atoms with Crippen molar-refractivity contribution in [3.8, 4) is 5.75 Å². The van der Waals surface area contributed by atoms with E-state index in [0.717, 1.165) is 36.4 Å². The topological polar surface area (TPSA) is 15.7 Å². The first-order chi connectivity index (χ1) is 38.1. The van der Waals surface area contributed by atoms with Gasteiger partial charge >= 0.3 is 0 Å². The van der Waals surface area contributed by atoms with E-state index in [2.05, 4.69) is 272 Å². The third kappa shape index (κ3) is 11.8. The first-order valence-corrected chi connectivity index (χ1v) is 27.4. The quantitative estimate of drug-likeness (QED) is 0.107. The molecule has 0 radical (unpaired) electrons. The molecule has 0 bridgehead atoms. The maximum absolute atomic E-state index is 5.45. The van der Waals surface area contributed by atoms with E-state index >= 15 is 0 Å². The van der Waals surface area contributed by atoms with Crippen LogP contribution in [0.2, 0.25) is 0 Å². The molecule has 3 heteroatoms. The van der Waals surface area contributed by atoms with Crippen LogP contribution in [0.3, 0.4) is 0 Å². The predicted octanol–water partition coefficient (Wildman–Crippen LogP) is 19.6. The van der Waals surface area contributed by atoms with Gasteiger partial charge in [0.05, 0.1) is 7.11 Å². The zero-order chi connectivity index (χ0) is 52.2. The molecule has 12 rings (SSSR count). The minimum atomic E-state index is 0.864. The molecule has 0 heterocycles. The molecular formula is C74H66N2O. The summed E-state index contributed by atoms with van der Waals surface area (Å²) in [4.78, 5) is 4.83. The standard InChI is InChI=1S/C37H33NO.C37H33N/c1-39-34-25-23-33(24-26-34)38(37-18-10-16-29-15-8-9-17-35(29)37)32-21-19-28(20-22-32)27-36(30-11-4-2-5-12-30)31-13-6-3-7-14-31;1-28-19-23-33(24-20-28)38(37-18-10-16-30-15-8-9-17-35(30)37)34-25-21-29(22-26-34)27-36(31-11-4-2-5-12-31)32-13-6-3-7-14-32/h2-7,10-14,16,18-27H,8-9,15,17H2,1H3;2-7,10-14,16,18-27H,8-9,15,17H2,1H3. The Morgan fingerprint density at radius 1 is 0.338 bits per heavy atom. The maximum atomic E-state index is 5.45. The average Bonchev–Trinajstić information content (AvgIpc) is 3.52. The molecule has 0 spiro atoms. The highest BCUT2D eigenvalue weighted by molar-refractivity contribution is 5.93. The molecule has 0 unspecified atom stereocenters. The molecule has 0 amide bonds. The monoisotopic (exact) mass is 999 g/mol. The largest absolute Gasteiger partial charge is 0.497 e. The van der Waals surface area contributed by atoms with E-state index in [0.29, 0.717) is 0 Å². The van der Waals surface area contributed by atoms with Crippen molar-refractivity contribution in [2.75, 3.05) is 16.9 Å². The highest BCUT2D eigenvalue weighted by Crippen LogP contribution is 2.43. The number of methoxy groups -OCH3 is 1. The van der Waals surface area contributed by atoms with Crippen molar-refractivity contribution in [2.24, 2.45) is 0 Å². The number of anilines is 6. The summed E-state index contributed by atoms with van der Waals surface area (Å²) in [5.74, 6) is 0.864. The van der Waals surface area contributed by atoms with Gasteiger partial charge in [-0.3, -0.25) is 0 Å². The normalized spacial score (nSPS) is 12.4. The van der Waals surface area contributed by atoms with Gasteiger partial charge in [-0.2, -0.15) is 0 Å². The number of fused-ring (bicyclic) bond motifs is 2. The Hall–Kier alpha value is -8.92. The second-order valence-corrected chi connectivity index (χ2v) is 20.2. The Balaban J connectivity index is 0.000000164. The molecule has 3 nitrogen and oxygen atoms in total. The van der Waals surface area contributed by atoms with E-state index in [1.165, 1.54) is 127 Å². The third-order valence-corrected chi connectivity index (χ3v) is 15.1. The maximum Gasteiger partial charge on any atom is 0.119 e. The highest BCUT2D eigenvalue weighted by Gasteiger charge is 2.22. The van der Waals surface area contributed by atoms with E-state index < -0.39 is 0 Å². The minimum absolute atomic E-state index is 0.864. The van der Waals surface area contributed by atoms with Crippen LogP contribution in [0.15, 0.2) is 255 Å². The summed E-state index contributed by atoms with van der Waals surface area (Å²) in [5.41, 5.74) is 24.2. The lowest BCUT2D eigenvalue weighted by Crippen LogP contribution is -2.15. The van der Waals surface area contributed by atoms with Crippen molar-refractivity contribution in [1.29, 1.82) is 0 Å². The summed E-state index contributed by atoms with van der Waals surface area (Å²) in [6.45, 7) is 2.15. The number of hydrogen-bond acceptors (Lipinski definition) is 3. The van der Waals surface area contributed by atoms with Gasteiger partial charge in [0.1, 0.15) is 5.75 Å². The van der Waals surface area contributed by atoms with Crippen LogP contribution in [-0.2, 0) is 25.7 Å². The second kappa shape index (κ2) is 24.2. The minimum Gasteiger partial charge on any atom is -0.497 e. The Morgan fingerprint density at radius 2 is 0.662 bits per heavy atom. The molecule has 0 N–H and O–H groups in total. The van der Waals surface area contributed by atoms with Crippen LogP contribution in [0.5, 0.6) is 5.75 Å². The fourth-order valence-corrected chi connectivity index (χ4v) is 11.1. The molecule has 0 fully saturated rings. The summed E-state index contributed by atoms with van der Waals surface area (Å²) in [5, 5.41) is 0. The van der Waals surface area contributed by atoms with Crippen LogP contribution < -0.4 is 14.5 Å². The fraction of sp³-hybridized carbons (Fsp3) is 0.135. The summed E-state index contributed by atoms with van der Waals surface area (Å²) >= 11 is 0. The summed E-state index contributed by atoms with van der Waals surface area (Å²) in [7, 11) is 1.71. The van der Waals surface area contributed by atoms with Crippen LogP contribution in [0.4, 0.5) is 34.1 Å². The van der Waals surface area contributed by atoms with Gasteiger partial charge in [-0.15, -0.1) is 0 Å². The molecule has 10 aromatic carbocycles. The number of benzene rings is 10. The van der Waals surface area contributed by atoms with Crippen molar-refractivity contribution in [2.45, 2.75) is 58.3 Å². The molecule has 0 aliphatic heterocycles. The van der Waals surface area contributed by atoms with E-state index in [1.54, 1.807) is 7.11 Å². The van der Waals surface area contributed by atoms with Crippen LogP contribution in [-0.4, -0.2) is 7.11 Å². The van der Waals surface area contributed by atoms with Crippen molar-refractivity contribution in [1.82, 2.24) is 0 Å². The summed E-state index contributed by atoms with van der Waals surface area (Å²) in [6, 6.07) is 91.4. The van der Waals surface area contributed by atoms with Crippen LogP contribution in [0, 0.1) is 6.92 Å². The second-order valence-electron chi connectivity index (χ2n) is 20.2. The lowest BCUT2D eigenvalue weighted by Gasteiger charge is -2.30. The lowest BCUT2D eigenvalue weighted by atomic mass is 9.89. The molecular weight excluding hydrogens is 933 g/mol. The number of rotatable bonds is 13. The third-order valence-electron chi connectivity index (χ3n) is 15.1. The summed E-state index contributed by atoms with van der Waals surface area (Å²) in [6.07, 6.45) is 14.2. The highest BCUT2D eigenvalue weighted by atomic mass is 16.5. The van der Waals surface area contributed by atoms with E-state index in [-0.39, 0.29) is 0 Å². The van der Waals surface area contributed by atoms with Crippen molar-refractivity contribution in [3.05, 3.63) is 316 Å². The van der Waals surface area contributed by atoms with Crippen molar-refractivity contribution in [3.63, 3.8) is 0 Å². The zero-order valence-corrected chi connectivity index (χ0v) is 44.4. The summed E-state index contributed by atoms with van der Waals surface area (Å²) < 4.78 is 5.45. The SMILES string of the molecule is COc1ccc(N(c2ccc(C=C(c3ccccc3)c3ccccc3)cc2)c2cccc3c2CCCC3)cc1.Cc1ccc(N(c2ccc(C=C(c3ccccc3)c3ccccc3)cc2)c2cccc3c2CCCC3)cc1. The van der Waals surface area contributed by atoms with Gasteiger partial charge in [0.15, 0.2) is 0 Å². The van der Waals surface area contributed by atoms with Gasteiger partial charge in [-0.1, -0.05) is 188 Å². The smallest absolute Gasteiger partial charge is 0.119 e. The predicted molar refractivity (Wildman–Crippen MR) is 327 cm³/mol. The van der Waals surface area contributed by atoms with Gasteiger partial charge in [0, 0.05) is 34.1 Å². The number of hydrogen-bond donors (Lipinski definition) is 0. The first-order valence-electron chi connectivity index (χ1n) is 27.4. The number of aryl methyl sites for hydroxylation is 3. The zero-order valence-electron chi connectivity index (χ0n) is 44.4. The molecule has 2 aliphatic rings. The van der Waals surface area contributed by atoms with E-state index in [9.17, 15) is 0 Å². The molecule has 2 aliphatic carbocycles. The van der Waals surface area contributed by atoms with Gasteiger partial charge in [-0.05, 0) is 210 Å². The van der Waals surface area contributed by atoms with Gasteiger partial charge in [-0.25, -0.2) is 0 Å². The average molecular weight is 999 g/mol. The van der Waals surface area contributed by atoms with Gasteiger partial charge < -0.3 is 14.5 Å². The van der Waals surface area contributed by atoms with Crippen LogP contribution in [0.1, 0.15) is 86.9 Å².